The highest BCUT2D eigenvalue weighted by atomic mass is 16.3. The van der Waals surface area contributed by atoms with Gasteiger partial charge in [-0.15, -0.1) is 0 Å². The lowest BCUT2D eigenvalue weighted by Crippen LogP contribution is -2.59. The molecule has 18 heavy (non-hydrogen) atoms. The molecule has 1 heterocycles. The number of nitrogens with zero attached hydrogens (tertiary/aromatic N) is 2. The molecule has 0 radical (unpaired) electrons. The van der Waals surface area contributed by atoms with Crippen molar-refractivity contribution in [1.29, 1.82) is 0 Å². The third kappa shape index (κ3) is 4.50. The molecular weight excluding hydrogens is 226 g/mol. The maximum absolute atomic E-state index is 9.61. The van der Waals surface area contributed by atoms with Crippen molar-refractivity contribution in [3.05, 3.63) is 0 Å². The van der Waals surface area contributed by atoms with Crippen molar-refractivity contribution in [3.63, 3.8) is 0 Å². The number of nitrogens with one attached hydrogen (secondary N) is 1. The molecule has 2 unspecified atom stereocenters. The number of aliphatic hydroxyl groups excluding tert-OH is 1. The molecule has 0 spiro atoms. The Hall–Kier alpha value is -0.160. The average molecular weight is 257 g/mol. The van der Waals surface area contributed by atoms with Crippen molar-refractivity contribution in [2.24, 2.45) is 0 Å². The number of rotatable bonds is 7. The average Bonchev–Trinajstić information content (AvgIpc) is 2.37. The summed E-state index contributed by atoms with van der Waals surface area (Å²) in [5.41, 5.74) is -0.163. The van der Waals surface area contributed by atoms with Crippen molar-refractivity contribution in [2.45, 2.75) is 45.7 Å². The Balaban J connectivity index is 2.46. The van der Waals surface area contributed by atoms with Crippen molar-refractivity contribution in [1.82, 2.24) is 15.1 Å². The Morgan fingerprint density at radius 2 is 2.06 bits per heavy atom. The van der Waals surface area contributed by atoms with Crippen LogP contribution >= 0.6 is 0 Å². The van der Waals surface area contributed by atoms with Gasteiger partial charge in [0, 0.05) is 32.2 Å². The lowest BCUT2D eigenvalue weighted by atomic mass is 10.0. The molecular formula is C14H31N3O. The van der Waals surface area contributed by atoms with Gasteiger partial charge in [-0.3, -0.25) is 9.80 Å². The third-order valence-electron chi connectivity index (χ3n) is 3.98. The quantitative estimate of drug-likeness (QED) is 0.706. The molecule has 0 aromatic heterocycles. The van der Waals surface area contributed by atoms with E-state index in [0.29, 0.717) is 6.04 Å². The van der Waals surface area contributed by atoms with Crippen LogP contribution in [0.1, 0.15) is 34.1 Å². The van der Waals surface area contributed by atoms with E-state index in [2.05, 4.69) is 42.8 Å². The van der Waals surface area contributed by atoms with Gasteiger partial charge in [0.15, 0.2) is 0 Å². The van der Waals surface area contributed by atoms with Gasteiger partial charge in [-0.25, -0.2) is 0 Å². The highest BCUT2D eigenvalue weighted by Gasteiger charge is 2.29. The fourth-order valence-corrected chi connectivity index (χ4v) is 2.77. The molecule has 0 aromatic carbocycles. The van der Waals surface area contributed by atoms with Crippen molar-refractivity contribution in [3.8, 4) is 0 Å². The number of aliphatic hydroxyl groups is 1. The molecule has 4 heteroatoms. The first-order valence-electron chi connectivity index (χ1n) is 7.37. The molecule has 1 aliphatic rings. The van der Waals surface area contributed by atoms with Gasteiger partial charge in [0.2, 0.25) is 0 Å². The molecule has 1 aliphatic heterocycles. The Kier molecular flexibility index (Phi) is 6.57. The number of hydrogen-bond donors (Lipinski definition) is 2. The predicted molar refractivity (Wildman–Crippen MR) is 76.9 cm³/mol. The lowest BCUT2D eigenvalue weighted by Gasteiger charge is -2.43. The molecule has 0 aromatic rings. The Bertz CT molecular complexity index is 237. The van der Waals surface area contributed by atoms with Gasteiger partial charge in [0.25, 0.3) is 0 Å². The van der Waals surface area contributed by atoms with Crippen LogP contribution in [0.2, 0.25) is 0 Å². The van der Waals surface area contributed by atoms with E-state index in [1.807, 2.05) is 0 Å². The number of hydrogen-bond acceptors (Lipinski definition) is 4. The maximum atomic E-state index is 9.61. The summed E-state index contributed by atoms with van der Waals surface area (Å²) in [7, 11) is 0. The van der Waals surface area contributed by atoms with Crippen LogP contribution in [-0.2, 0) is 0 Å². The Morgan fingerprint density at radius 1 is 1.33 bits per heavy atom. The van der Waals surface area contributed by atoms with E-state index < -0.39 is 0 Å². The first kappa shape index (κ1) is 15.9. The molecule has 2 N–H and O–H groups in total. The molecule has 0 amide bonds. The van der Waals surface area contributed by atoms with Crippen LogP contribution in [0.3, 0.4) is 0 Å². The van der Waals surface area contributed by atoms with Crippen LogP contribution < -0.4 is 5.32 Å². The third-order valence-corrected chi connectivity index (χ3v) is 3.98. The van der Waals surface area contributed by atoms with Crippen molar-refractivity contribution < 1.29 is 5.11 Å². The first-order valence-corrected chi connectivity index (χ1v) is 7.37. The van der Waals surface area contributed by atoms with Crippen LogP contribution in [-0.4, -0.2) is 72.4 Å². The van der Waals surface area contributed by atoms with Gasteiger partial charge in [0.1, 0.15) is 0 Å². The monoisotopic (exact) mass is 257 g/mol. The lowest BCUT2D eigenvalue weighted by molar-refractivity contribution is 0.0526. The molecule has 0 bridgehead atoms. The van der Waals surface area contributed by atoms with Crippen molar-refractivity contribution in [2.75, 3.05) is 45.9 Å². The van der Waals surface area contributed by atoms with E-state index in [9.17, 15) is 5.11 Å². The normalized spacial score (nSPS) is 26.2. The van der Waals surface area contributed by atoms with E-state index >= 15 is 0 Å². The second-order valence-electron chi connectivity index (χ2n) is 5.86. The van der Waals surface area contributed by atoms with Gasteiger partial charge >= 0.3 is 0 Å². The molecule has 4 nitrogen and oxygen atoms in total. The molecule has 1 saturated heterocycles. The summed E-state index contributed by atoms with van der Waals surface area (Å²) >= 11 is 0. The number of likely N-dealkylation sites (N-methyl/N-ethyl adjacent to an activating group) is 1. The van der Waals surface area contributed by atoms with Crippen molar-refractivity contribution >= 4 is 0 Å². The standard InChI is InChI=1S/C14H31N3O/c1-5-7-15-14(4,12-18)11-16-8-9-17(6-2)13(3)10-16/h13,15,18H,5-12H2,1-4H3. The van der Waals surface area contributed by atoms with E-state index in [4.69, 9.17) is 0 Å². The summed E-state index contributed by atoms with van der Waals surface area (Å²) < 4.78 is 0. The minimum atomic E-state index is -0.163. The molecule has 1 fully saturated rings. The minimum Gasteiger partial charge on any atom is -0.394 e. The highest BCUT2D eigenvalue weighted by molar-refractivity contribution is 4.89. The zero-order chi connectivity index (χ0) is 13.6. The maximum Gasteiger partial charge on any atom is 0.0623 e. The zero-order valence-electron chi connectivity index (χ0n) is 12.6. The first-order chi connectivity index (χ1) is 8.54. The molecule has 2 atom stereocenters. The van der Waals surface area contributed by atoms with Crippen LogP contribution in [0.15, 0.2) is 0 Å². The van der Waals surface area contributed by atoms with Crippen LogP contribution in [0.4, 0.5) is 0 Å². The van der Waals surface area contributed by atoms with E-state index in [1.54, 1.807) is 0 Å². The highest BCUT2D eigenvalue weighted by Crippen LogP contribution is 2.13. The van der Waals surface area contributed by atoms with E-state index in [1.165, 1.54) is 0 Å². The topological polar surface area (TPSA) is 38.7 Å². The van der Waals surface area contributed by atoms with Gasteiger partial charge in [0.05, 0.1) is 12.1 Å². The molecule has 108 valence electrons. The second-order valence-corrected chi connectivity index (χ2v) is 5.86. The largest absolute Gasteiger partial charge is 0.394 e. The van der Waals surface area contributed by atoms with Crippen LogP contribution in [0.25, 0.3) is 0 Å². The van der Waals surface area contributed by atoms with Crippen LogP contribution in [0, 0.1) is 0 Å². The molecule has 1 rings (SSSR count). The number of piperazine rings is 1. The zero-order valence-corrected chi connectivity index (χ0v) is 12.6. The van der Waals surface area contributed by atoms with Gasteiger partial charge in [-0.1, -0.05) is 13.8 Å². The molecule has 0 aliphatic carbocycles. The summed E-state index contributed by atoms with van der Waals surface area (Å²) in [4.78, 5) is 5.00. The predicted octanol–water partition coefficient (Wildman–Crippen LogP) is 0.763. The summed E-state index contributed by atoms with van der Waals surface area (Å²) in [6.45, 7) is 15.4. The molecule has 0 saturated carbocycles. The van der Waals surface area contributed by atoms with Crippen LogP contribution in [0.5, 0.6) is 0 Å². The van der Waals surface area contributed by atoms with Gasteiger partial charge in [-0.05, 0) is 33.4 Å². The fraction of sp³-hybridized carbons (Fsp3) is 1.00. The fourth-order valence-electron chi connectivity index (χ4n) is 2.77. The van der Waals surface area contributed by atoms with Gasteiger partial charge < -0.3 is 10.4 Å². The SMILES string of the molecule is CCCNC(C)(CO)CN1CCN(CC)C(C)C1. The minimum absolute atomic E-state index is 0.163. The summed E-state index contributed by atoms with van der Waals surface area (Å²) in [6.07, 6.45) is 1.11. The van der Waals surface area contributed by atoms with E-state index in [-0.39, 0.29) is 12.1 Å². The van der Waals surface area contributed by atoms with Gasteiger partial charge in [-0.2, -0.15) is 0 Å². The summed E-state index contributed by atoms with van der Waals surface area (Å²) in [6, 6.07) is 0.623. The summed E-state index contributed by atoms with van der Waals surface area (Å²) in [5.74, 6) is 0. The summed E-state index contributed by atoms with van der Waals surface area (Å²) in [5, 5.41) is 13.1. The smallest absolute Gasteiger partial charge is 0.0623 e. The van der Waals surface area contributed by atoms with E-state index in [0.717, 1.165) is 45.7 Å². The Labute approximate surface area is 112 Å². The second kappa shape index (κ2) is 7.43. The Morgan fingerprint density at radius 3 is 2.56 bits per heavy atom.